The third-order valence-electron chi connectivity index (χ3n) is 3.33. The zero-order valence-corrected chi connectivity index (χ0v) is 11.7. The van der Waals surface area contributed by atoms with Gasteiger partial charge in [-0.2, -0.15) is 0 Å². The predicted molar refractivity (Wildman–Crippen MR) is 74.5 cm³/mol. The third kappa shape index (κ3) is 2.99. The number of hydrogen-bond acceptors (Lipinski definition) is 5. The van der Waals surface area contributed by atoms with Crippen LogP contribution in [0.3, 0.4) is 0 Å². The molecule has 4 N–H and O–H groups in total. The van der Waals surface area contributed by atoms with Gasteiger partial charge in [-0.15, -0.1) is 0 Å². The molecule has 1 atom stereocenters. The van der Waals surface area contributed by atoms with E-state index < -0.39 is 10.0 Å². The number of primary sulfonamides is 1. The molecular weight excluding hydrogens is 266 g/mol. The highest BCUT2D eigenvalue weighted by molar-refractivity contribution is 7.89. The summed E-state index contributed by atoms with van der Waals surface area (Å²) in [4.78, 5) is 2.16. The molecule has 1 saturated heterocycles. The van der Waals surface area contributed by atoms with Crippen molar-refractivity contribution in [2.75, 3.05) is 30.4 Å². The Balaban J connectivity index is 2.33. The quantitative estimate of drug-likeness (QED) is 0.789. The van der Waals surface area contributed by atoms with Gasteiger partial charge in [0.15, 0.2) is 0 Å². The molecule has 7 heteroatoms. The minimum atomic E-state index is -3.77. The molecule has 0 aromatic heterocycles. The maximum absolute atomic E-state index is 11.3. The lowest BCUT2D eigenvalue weighted by molar-refractivity contribution is 0.0930. The van der Waals surface area contributed by atoms with Crippen LogP contribution < -0.4 is 15.8 Å². The van der Waals surface area contributed by atoms with E-state index in [4.69, 9.17) is 15.6 Å². The van der Waals surface area contributed by atoms with Gasteiger partial charge in [-0.25, -0.2) is 13.6 Å². The molecule has 19 heavy (non-hydrogen) atoms. The second-order valence-electron chi connectivity index (χ2n) is 4.60. The molecule has 6 nitrogen and oxygen atoms in total. The van der Waals surface area contributed by atoms with E-state index in [-0.39, 0.29) is 16.6 Å². The van der Waals surface area contributed by atoms with E-state index in [0.29, 0.717) is 13.2 Å². The van der Waals surface area contributed by atoms with Crippen LogP contribution >= 0.6 is 0 Å². The number of nitrogen functional groups attached to an aromatic ring is 1. The number of anilines is 2. The lowest BCUT2D eigenvalue weighted by Gasteiger charge is -2.37. The standard InChI is InChI=1S/C12H19N3O3S/c1-2-9-8-18-6-5-15(9)10-3-4-12(11(13)7-10)19(14,16)17/h3-4,7,9H,2,5-6,8,13H2,1H3,(H2,14,16,17). The summed E-state index contributed by atoms with van der Waals surface area (Å²) in [5, 5.41) is 5.10. The van der Waals surface area contributed by atoms with Crippen molar-refractivity contribution in [1.29, 1.82) is 0 Å². The lowest BCUT2D eigenvalue weighted by Crippen LogP contribution is -2.45. The molecule has 0 bridgehead atoms. The Morgan fingerprint density at radius 1 is 1.47 bits per heavy atom. The highest BCUT2D eigenvalue weighted by Gasteiger charge is 2.23. The molecular formula is C12H19N3O3S. The highest BCUT2D eigenvalue weighted by atomic mass is 32.2. The van der Waals surface area contributed by atoms with E-state index in [1.165, 1.54) is 6.07 Å². The van der Waals surface area contributed by atoms with E-state index in [2.05, 4.69) is 11.8 Å². The van der Waals surface area contributed by atoms with Crippen LogP contribution in [-0.2, 0) is 14.8 Å². The van der Waals surface area contributed by atoms with Crippen molar-refractivity contribution in [3.8, 4) is 0 Å². The predicted octanol–water partition coefficient (Wildman–Crippen LogP) is 0.531. The molecule has 0 spiro atoms. The Labute approximate surface area is 113 Å². The smallest absolute Gasteiger partial charge is 0.240 e. The monoisotopic (exact) mass is 285 g/mol. The summed E-state index contributed by atoms with van der Waals surface area (Å²) in [7, 11) is -3.77. The van der Waals surface area contributed by atoms with Crippen molar-refractivity contribution in [3.05, 3.63) is 18.2 Å². The van der Waals surface area contributed by atoms with Gasteiger partial charge < -0.3 is 15.4 Å². The Kier molecular flexibility index (Phi) is 3.98. The van der Waals surface area contributed by atoms with Crippen molar-refractivity contribution in [1.82, 2.24) is 0 Å². The molecule has 1 heterocycles. The van der Waals surface area contributed by atoms with Gasteiger partial charge >= 0.3 is 0 Å². The highest BCUT2D eigenvalue weighted by Crippen LogP contribution is 2.27. The van der Waals surface area contributed by atoms with E-state index in [0.717, 1.165) is 18.7 Å². The number of rotatable bonds is 3. The SMILES string of the molecule is CCC1COCCN1c1ccc(S(N)(=O)=O)c(N)c1. The number of morpholine rings is 1. The molecule has 106 valence electrons. The second kappa shape index (κ2) is 5.36. The number of nitrogens with two attached hydrogens (primary N) is 2. The summed E-state index contributed by atoms with van der Waals surface area (Å²) in [6.07, 6.45) is 0.955. The molecule has 2 rings (SSSR count). The summed E-state index contributed by atoms with van der Waals surface area (Å²) in [5.41, 5.74) is 6.87. The minimum Gasteiger partial charge on any atom is -0.398 e. The van der Waals surface area contributed by atoms with Crippen LogP contribution in [0.2, 0.25) is 0 Å². The molecule has 0 saturated carbocycles. The largest absolute Gasteiger partial charge is 0.398 e. The lowest BCUT2D eigenvalue weighted by atomic mass is 10.1. The molecule has 1 unspecified atom stereocenters. The van der Waals surface area contributed by atoms with Crippen molar-refractivity contribution in [3.63, 3.8) is 0 Å². The maximum Gasteiger partial charge on any atom is 0.240 e. The van der Waals surface area contributed by atoms with Crippen LogP contribution in [0.15, 0.2) is 23.1 Å². The topological polar surface area (TPSA) is 98.6 Å². The zero-order chi connectivity index (χ0) is 14.0. The number of sulfonamides is 1. The van der Waals surface area contributed by atoms with Crippen LogP contribution in [0.1, 0.15) is 13.3 Å². The summed E-state index contributed by atoms with van der Waals surface area (Å²) >= 11 is 0. The van der Waals surface area contributed by atoms with Gasteiger partial charge in [0.05, 0.1) is 24.9 Å². The number of nitrogens with zero attached hydrogens (tertiary/aromatic N) is 1. The van der Waals surface area contributed by atoms with Gasteiger partial charge in [0.1, 0.15) is 4.90 Å². The average molecular weight is 285 g/mol. The molecule has 0 radical (unpaired) electrons. The van der Waals surface area contributed by atoms with Crippen LogP contribution in [0.5, 0.6) is 0 Å². The second-order valence-corrected chi connectivity index (χ2v) is 6.13. The fourth-order valence-electron chi connectivity index (χ4n) is 2.31. The van der Waals surface area contributed by atoms with Crippen molar-refractivity contribution >= 4 is 21.4 Å². The summed E-state index contributed by atoms with van der Waals surface area (Å²) in [6, 6.07) is 5.15. The minimum absolute atomic E-state index is 0.0300. The van der Waals surface area contributed by atoms with Crippen LogP contribution in [-0.4, -0.2) is 34.2 Å². The van der Waals surface area contributed by atoms with Gasteiger partial charge in [-0.1, -0.05) is 6.92 Å². The Morgan fingerprint density at radius 3 is 2.79 bits per heavy atom. The fraction of sp³-hybridized carbons (Fsp3) is 0.500. The van der Waals surface area contributed by atoms with Crippen molar-refractivity contribution in [2.45, 2.75) is 24.3 Å². The Hall–Kier alpha value is -1.31. The van der Waals surface area contributed by atoms with Gasteiger partial charge in [0, 0.05) is 12.2 Å². The normalized spacial score (nSPS) is 20.5. The van der Waals surface area contributed by atoms with Crippen LogP contribution in [0.25, 0.3) is 0 Å². The Morgan fingerprint density at radius 2 is 2.21 bits per heavy atom. The molecule has 1 aliphatic heterocycles. The zero-order valence-electron chi connectivity index (χ0n) is 10.9. The van der Waals surface area contributed by atoms with Gasteiger partial charge in [-0.3, -0.25) is 0 Å². The van der Waals surface area contributed by atoms with E-state index in [9.17, 15) is 8.42 Å². The first-order chi connectivity index (χ1) is 8.93. The first-order valence-electron chi connectivity index (χ1n) is 6.20. The molecule has 1 aliphatic rings. The average Bonchev–Trinajstić information content (AvgIpc) is 2.37. The van der Waals surface area contributed by atoms with Gasteiger partial charge in [0.25, 0.3) is 0 Å². The first-order valence-corrected chi connectivity index (χ1v) is 7.75. The molecule has 0 amide bonds. The van der Waals surface area contributed by atoms with Crippen molar-refractivity contribution < 1.29 is 13.2 Å². The fourth-order valence-corrected chi connectivity index (χ4v) is 2.95. The third-order valence-corrected chi connectivity index (χ3v) is 4.32. The number of benzene rings is 1. The van der Waals surface area contributed by atoms with E-state index >= 15 is 0 Å². The van der Waals surface area contributed by atoms with E-state index in [1.54, 1.807) is 12.1 Å². The van der Waals surface area contributed by atoms with Gasteiger partial charge in [-0.05, 0) is 24.6 Å². The van der Waals surface area contributed by atoms with Crippen molar-refractivity contribution in [2.24, 2.45) is 5.14 Å². The summed E-state index contributed by atoms with van der Waals surface area (Å²) < 4.78 is 28.1. The van der Waals surface area contributed by atoms with Gasteiger partial charge in [0.2, 0.25) is 10.0 Å². The molecule has 0 aliphatic carbocycles. The number of ether oxygens (including phenoxy) is 1. The maximum atomic E-state index is 11.3. The first kappa shape index (κ1) is 14.1. The molecule has 1 aromatic rings. The summed E-state index contributed by atoms with van der Waals surface area (Å²) in [6.45, 7) is 4.20. The number of hydrogen-bond donors (Lipinski definition) is 2. The van der Waals surface area contributed by atoms with E-state index in [1.807, 2.05) is 0 Å². The molecule has 1 fully saturated rings. The van der Waals surface area contributed by atoms with Crippen LogP contribution in [0, 0.1) is 0 Å². The Bertz CT molecular complexity index is 559. The summed E-state index contributed by atoms with van der Waals surface area (Å²) in [5.74, 6) is 0. The molecule has 1 aromatic carbocycles. The van der Waals surface area contributed by atoms with Crippen LogP contribution in [0.4, 0.5) is 11.4 Å².